The highest BCUT2D eigenvalue weighted by molar-refractivity contribution is 9.10. The molecule has 0 bridgehead atoms. The molecule has 1 heterocycles. The van der Waals surface area contributed by atoms with Crippen molar-refractivity contribution in [1.29, 1.82) is 0 Å². The molecule has 4 rings (SSSR count). The molecule has 12 heteroatoms. The van der Waals surface area contributed by atoms with Gasteiger partial charge in [0.1, 0.15) is 11.6 Å². The lowest BCUT2D eigenvalue weighted by molar-refractivity contribution is -0.130. The predicted molar refractivity (Wildman–Crippen MR) is 161 cm³/mol. The van der Waals surface area contributed by atoms with Crippen molar-refractivity contribution in [1.82, 2.24) is 20.8 Å². The minimum absolute atomic E-state index is 0.156. The fourth-order valence-electron chi connectivity index (χ4n) is 4.82. The Morgan fingerprint density at radius 3 is 2.31 bits per heavy atom. The number of carbonyl (C=O) groups is 3. The van der Waals surface area contributed by atoms with Crippen LogP contribution in [0.15, 0.2) is 62.3 Å². The summed E-state index contributed by atoms with van der Waals surface area (Å²) < 4.78 is 10.8. The van der Waals surface area contributed by atoms with E-state index in [0.29, 0.717) is 37.1 Å². The van der Waals surface area contributed by atoms with Gasteiger partial charge in [0.15, 0.2) is 5.82 Å². The van der Waals surface area contributed by atoms with Crippen molar-refractivity contribution >= 4 is 39.5 Å². The quantitative estimate of drug-likeness (QED) is 0.262. The second kappa shape index (κ2) is 13.8. The number of rotatable bonds is 9. The number of amides is 3. The van der Waals surface area contributed by atoms with Crippen molar-refractivity contribution in [2.45, 2.75) is 64.5 Å². The van der Waals surface area contributed by atoms with Gasteiger partial charge in [-0.25, -0.2) is 9.59 Å². The fourth-order valence-corrected chi connectivity index (χ4v) is 5.09. The van der Waals surface area contributed by atoms with E-state index < -0.39 is 23.5 Å². The van der Waals surface area contributed by atoms with Crippen LogP contribution in [0.25, 0.3) is 11.4 Å². The van der Waals surface area contributed by atoms with Crippen molar-refractivity contribution in [3.8, 4) is 11.4 Å². The molecule has 11 nitrogen and oxygen atoms in total. The number of halogens is 1. The van der Waals surface area contributed by atoms with Gasteiger partial charge in [-0.1, -0.05) is 33.2 Å². The van der Waals surface area contributed by atoms with Gasteiger partial charge in [0, 0.05) is 34.6 Å². The number of anilines is 1. The van der Waals surface area contributed by atoms with Crippen LogP contribution in [0.5, 0.6) is 0 Å². The van der Waals surface area contributed by atoms with Gasteiger partial charge < -0.3 is 20.7 Å². The zero-order chi connectivity index (χ0) is 30.3. The van der Waals surface area contributed by atoms with Gasteiger partial charge in [0.25, 0.3) is 0 Å². The van der Waals surface area contributed by atoms with Gasteiger partial charge in [-0.15, -0.1) is 0 Å². The highest BCUT2D eigenvalue weighted by Crippen LogP contribution is 2.29. The van der Waals surface area contributed by atoms with E-state index in [1.807, 2.05) is 45.0 Å². The minimum Gasteiger partial charge on any atom is -0.444 e. The molecule has 1 aliphatic rings. The molecule has 0 saturated heterocycles. The van der Waals surface area contributed by atoms with Crippen LogP contribution in [0, 0.1) is 11.8 Å². The zero-order valence-electron chi connectivity index (χ0n) is 23.9. The number of carbonyl (C=O) groups excluding carboxylic acids is 3. The Labute approximate surface area is 252 Å². The van der Waals surface area contributed by atoms with Crippen LogP contribution in [-0.2, 0) is 20.7 Å². The van der Waals surface area contributed by atoms with E-state index in [1.54, 1.807) is 24.3 Å². The maximum absolute atomic E-state index is 13.4. The minimum atomic E-state index is -0.795. The summed E-state index contributed by atoms with van der Waals surface area (Å²) in [4.78, 5) is 52.4. The van der Waals surface area contributed by atoms with Crippen molar-refractivity contribution in [3.63, 3.8) is 0 Å². The standard InChI is InChI=1S/C30H36BrN5O6/c1-30(2,3)41-28(39)32-17-19-4-8-21(9-5-19)26(37)34-24(16-18-6-12-22(31)13-7-18)27(38)33-23-14-10-20(11-15-23)25-35-29(40)42-36-25/h6-7,10-15,19,21,24H,4-5,8-9,16-17H2,1-3H3,(H,32,39)(H,33,38)(H,34,37)(H,35,36,40). The van der Waals surface area contributed by atoms with Gasteiger partial charge in [-0.05, 0) is 94.3 Å². The third-order valence-electron chi connectivity index (χ3n) is 7.00. The smallest absolute Gasteiger partial charge is 0.439 e. The van der Waals surface area contributed by atoms with Crippen LogP contribution in [0.1, 0.15) is 52.0 Å². The van der Waals surface area contributed by atoms with Crippen LogP contribution >= 0.6 is 15.9 Å². The van der Waals surface area contributed by atoms with Gasteiger partial charge in [0.05, 0.1) is 0 Å². The molecular weight excluding hydrogens is 606 g/mol. The summed E-state index contributed by atoms with van der Waals surface area (Å²) in [7, 11) is 0. The molecule has 3 amide bonds. The summed E-state index contributed by atoms with van der Waals surface area (Å²) in [6.45, 7) is 5.96. The van der Waals surface area contributed by atoms with E-state index in [9.17, 15) is 19.2 Å². The van der Waals surface area contributed by atoms with E-state index in [4.69, 9.17) is 4.74 Å². The normalized spacial score (nSPS) is 17.6. The lowest BCUT2D eigenvalue weighted by Gasteiger charge is -2.29. The third kappa shape index (κ3) is 9.30. The highest BCUT2D eigenvalue weighted by Gasteiger charge is 2.30. The number of nitrogens with zero attached hydrogens (tertiary/aromatic N) is 1. The van der Waals surface area contributed by atoms with E-state index >= 15 is 0 Å². The Morgan fingerprint density at radius 2 is 1.71 bits per heavy atom. The van der Waals surface area contributed by atoms with Crippen molar-refractivity contribution < 1.29 is 23.6 Å². The van der Waals surface area contributed by atoms with Crippen LogP contribution in [0.4, 0.5) is 10.5 Å². The topological polar surface area (TPSA) is 155 Å². The molecule has 1 atom stereocenters. The van der Waals surface area contributed by atoms with Gasteiger partial charge >= 0.3 is 11.8 Å². The average Bonchev–Trinajstić information content (AvgIpc) is 3.38. The van der Waals surface area contributed by atoms with Crippen molar-refractivity contribution in [2.75, 3.05) is 11.9 Å². The van der Waals surface area contributed by atoms with E-state index in [1.165, 1.54) is 0 Å². The predicted octanol–water partition coefficient (Wildman–Crippen LogP) is 4.79. The fraction of sp³-hybridized carbons (Fsp3) is 0.433. The Bertz CT molecular complexity index is 1420. The Kier molecular flexibility index (Phi) is 10.2. The summed E-state index contributed by atoms with van der Waals surface area (Å²) in [6.07, 6.45) is 2.81. The summed E-state index contributed by atoms with van der Waals surface area (Å²) in [6, 6.07) is 13.6. The molecule has 1 fully saturated rings. The largest absolute Gasteiger partial charge is 0.444 e. The first-order valence-corrected chi connectivity index (χ1v) is 14.7. The Hall–Kier alpha value is -3.93. The monoisotopic (exact) mass is 641 g/mol. The van der Waals surface area contributed by atoms with E-state index in [0.717, 1.165) is 22.9 Å². The molecule has 0 radical (unpaired) electrons. The molecule has 224 valence electrons. The van der Waals surface area contributed by atoms with Crippen LogP contribution < -0.4 is 21.7 Å². The molecule has 4 N–H and O–H groups in total. The second-order valence-corrected chi connectivity index (χ2v) is 12.4. The maximum atomic E-state index is 13.4. The lowest BCUT2D eigenvalue weighted by atomic mass is 9.81. The van der Waals surface area contributed by atoms with E-state index in [-0.39, 0.29) is 29.5 Å². The second-order valence-electron chi connectivity index (χ2n) is 11.5. The number of H-pyrrole nitrogens is 1. The Balaban J connectivity index is 1.35. The van der Waals surface area contributed by atoms with Gasteiger partial charge in [-0.3, -0.25) is 19.1 Å². The summed E-state index contributed by atoms with van der Waals surface area (Å²) in [5.41, 5.74) is 1.50. The Morgan fingerprint density at radius 1 is 1.05 bits per heavy atom. The van der Waals surface area contributed by atoms with Crippen LogP contribution in [0.3, 0.4) is 0 Å². The average molecular weight is 643 g/mol. The number of aromatic nitrogens is 2. The number of hydrogen-bond acceptors (Lipinski definition) is 7. The number of ether oxygens (including phenoxy) is 1. The maximum Gasteiger partial charge on any atom is 0.439 e. The summed E-state index contributed by atoms with van der Waals surface area (Å²) >= 11 is 3.43. The molecule has 42 heavy (non-hydrogen) atoms. The van der Waals surface area contributed by atoms with Gasteiger partial charge in [-0.2, -0.15) is 0 Å². The van der Waals surface area contributed by atoms with Crippen molar-refractivity contribution in [3.05, 3.63) is 69.1 Å². The lowest BCUT2D eigenvalue weighted by Crippen LogP contribution is -2.48. The molecule has 0 aliphatic heterocycles. The molecule has 1 aromatic heterocycles. The molecule has 3 aromatic rings. The third-order valence-corrected chi connectivity index (χ3v) is 7.53. The van der Waals surface area contributed by atoms with Crippen molar-refractivity contribution in [2.24, 2.45) is 11.8 Å². The van der Waals surface area contributed by atoms with Crippen LogP contribution in [0.2, 0.25) is 0 Å². The molecule has 0 spiro atoms. The molecule has 1 saturated carbocycles. The number of nitrogens with one attached hydrogen (secondary N) is 4. The first kappa shape index (κ1) is 31.0. The first-order chi connectivity index (χ1) is 19.9. The molecular formula is C30H36BrN5O6. The van der Waals surface area contributed by atoms with Gasteiger partial charge in [0.2, 0.25) is 11.8 Å². The van der Waals surface area contributed by atoms with E-state index in [2.05, 4.69) is 46.5 Å². The molecule has 1 aliphatic carbocycles. The number of aromatic amines is 1. The first-order valence-electron chi connectivity index (χ1n) is 13.9. The summed E-state index contributed by atoms with van der Waals surface area (Å²) in [5, 5.41) is 12.4. The summed E-state index contributed by atoms with van der Waals surface area (Å²) in [5.74, 6) is -0.818. The molecule has 2 aromatic carbocycles. The molecule has 1 unspecified atom stereocenters. The number of alkyl carbamates (subject to hydrolysis) is 1. The zero-order valence-corrected chi connectivity index (χ0v) is 25.5. The van der Waals surface area contributed by atoms with Crippen LogP contribution in [-0.4, -0.2) is 46.2 Å². The highest BCUT2D eigenvalue weighted by atomic mass is 79.9. The number of benzene rings is 2. The SMILES string of the molecule is CC(C)(C)OC(=O)NCC1CCC(C(=O)NC(Cc2ccc(Br)cc2)C(=O)Nc2ccc(-c3noc(=O)[nH]3)cc2)CC1. The number of hydrogen-bond donors (Lipinski definition) is 4.